The Morgan fingerprint density at radius 3 is 0.600 bits per heavy atom. The van der Waals surface area contributed by atoms with Crippen molar-refractivity contribution in [1.82, 2.24) is 0 Å². The van der Waals surface area contributed by atoms with Crippen LogP contribution in [0.2, 0.25) is 0 Å². The Hall–Kier alpha value is -6.13. The minimum atomic E-state index is -1.27. The zero-order valence-electron chi connectivity index (χ0n) is 22.4. The molecule has 0 fully saturated rings. The summed E-state index contributed by atoms with van der Waals surface area (Å²) in [6.07, 6.45) is 0. The summed E-state index contributed by atoms with van der Waals surface area (Å²) >= 11 is 0. The van der Waals surface area contributed by atoms with Crippen molar-refractivity contribution in [2.45, 2.75) is 0 Å². The molecule has 4 rings (SSSR count). The van der Waals surface area contributed by atoms with Gasteiger partial charge in [0.25, 0.3) is 0 Å². The third-order valence-corrected chi connectivity index (χ3v) is 4.98. The number of benzene rings is 4. The van der Waals surface area contributed by atoms with Crippen LogP contribution in [0, 0.1) is 0 Å². The van der Waals surface area contributed by atoms with Crippen molar-refractivity contribution in [3.63, 3.8) is 0 Å². The summed E-state index contributed by atoms with van der Waals surface area (Å²) in [6, 6.07) is 15.0. The molecule has 45 heavy (non-hydrogen) atoms. The number of phenols is 8. The van der Waals surface area contributed by atoms with E-state index in [4.69, 9.17) is 61.3 Å². The Bertz CT molecular complexity index is 1420. The van der Waals surface area contributed by atoms with Gasteiger partial charge in [0, 0.05) is 21.7 Å². The first-order valence-corrected chi connectivity index (χ1v) is 11.5. The van der Waals surface area contributed by atoms with Gasteiger partial charge in [-0.05, 0) is 48.5 Å². The Balaban J connectivity index is 0.000000569. The van der Waals surface area contributed by atoms with Gasteiger partial charge in [-0.15, -0.1) is 0 Å². The van der Waals surface area contributed by atoms with Crippen LogP contribution in [0.15, 0.2) is 72.8 Å². The van der Waals surface area contributed by atoms with Crippen LogP contribution < -0.4 is 0 Å². The zero-order chi connectivity index (χ0) is 33.7. The molecule has 0 aliphatic heterocycles. The molecule has 0 amide bonds. The molecule has 236 valence electrons. The Morgan fingerprint density at radius 1 is 0.333 bits per heavy atom. The summed E-state index contributed by atoms with van der Waals surface area (Å²) in [6.45, 7) is 0. The van der Waals surface area contributed by atoms with E-state index >= 15 is 0 Å². The molecule has 0 aliphatic rings. The molecule has 0 heterocycles. The van der Waals surface area contributed by atoms with E-state index in [1.807, 2.05) is 0 Å². The molecule has 4 aromatic carbocycles. The normalized spacial score (nSPS) is 9.24. The largest absolute Gasteiger partial charge is 0.504 e. The molecule has 4 aromatic rings. The second-order valence-electron chi connectivity index (χ2n) is 7.91. The number of carbonyl (C=O) groups is 4. The van der Waals surface area contributed by atoms with Crippen LogP contribution in [0.3, 0.4) is 0 Å². The second kappa shape index (κ2) is 17.7. The van der Waals surface area contributed by atoms with E-state index in [0.717, 1.165) is 0 Å². The minimum Gasteiger partial charge on any atom is -0.504 e. The van der Waals surface area contributed by atoms with E-state index in [9.17, 15) is 19.2 Å². The van der Waals surface area contributed by atoms with E-state index in [0.29, 0.717) is 0 Å². The second-order valence-corrected chi connectivity index (χ2v) is 7.91. The van der Waals surface area contributed by atoms with E-state index in [-0.39, 0.29) is 44.0 Å². The van der Waals surface area contributed by atoms with Crippen LogP contribution in [-0.4, -0.2) is 85.2 Å². The fourth-order valence-electron chi connectivity index (χ4n) is 2.82. The van der Waals surface area contributed by atoms with Crippen LogP contribution in [0.25, 0.3) is 0 Å². The summed E-state index contributed by atoms with van der Waals surface area (Å²) < 4.78 is 0. The standard InChI is InChI=1S/4C7H6O4.Ti/c4*8-5-3-1-2-4(6(5)9)7(10)11;/h4*1-3,8-9H,(H,10,11);. The SMILES string of the molecule is O=C(O)c1cccc(O)c1O.O=C(O)c1cccc(O)c1O.O=C(O)c1cccc(O)c1O.O=C(O)c1cccc(O)c1O.[Ti]. The molecule has 0 atom stereocenters. The molecular weight excluding hydrogens is 640 g/mol. The first kappa shape index (κ1) is 38.9. The van der Waals surface area contributed by atoms with Gasteiger partial charge in [0.1, 0.15) is 22.3 Å². The summed E-state index contributed by atoms with van der Waals surface area (Å²) in [5.41, 5.74) is -1.20. The average Bonchev–Trinajstić information content (AvgIpc) is 2.95. The summed E-state index contributed by atoms with van der Waals surface area (Å²) in [4.78, 5) is 41.2. The van der Waals surface area contributed by atoms with Crippen molar-refractivity contribution in [2.75, 3.05) is 0 Å². The number of aromatic hydroxyl groups is 8. The van der Waals surface area contributed by atoms with Crippen LogP contribution in [0.5, 0.6) is 46.0 Å². The fraction of sp³-hybridized carbons (Fsp3) is 0. The quantitative estimate of drug-likeness (QED) is 0.110. The molecule has 17 heteroatoms. The van der Waals surface area contributed by atoms with Crippen molar-refractivity contribution >= 4 is 23.9 Å². The molecule has 12 N–H and O–H groups in total. The van der Waals surface area contributed by atoms with Crippen molar-refractivity contribution in [2.24, 2.45) is 0 Å². The predicted molar refractivity (Wildman–Crippen MR) is 147 cm³/mol. The number of phenolic OH excluding ortho intramolecular Hbond substituents is 4. The first-order valence-electron chi connectivity index (χ1n) is 11.5. The predicted octanol–water partition coefficient (Wildman–Crippen LogP) is 3.18. The van der Waals surface area contributed by atoms with Crippen LogP contribution >= 0.6 is 0 Å². The van der Waals surface area contributed by atoms with E-state index < -0.39 is 69.9 Å². The van der Waals surface area contributed by atoms with Gasteiger partial charge in [-0.25, -0.2) is 19.2 Å². The van der Waals surface area contributed by atoms with Gasteiger partial charge in [-0.2, -0.15) is 0 Å². The van der Waals surface area contributed by atoms with E-state index in [2.05, 4.69) is 0 Å². The summed E-state index contributed by atoms with van der Waals surface area (Å²) in [5.74, 6) is -9.15. The van der Waals surface area contributed by atoms with Crippen molar-refractivity contribution < 1.29 is 102 Å². The molecule has 0 bridgehead atoms. The third kappa shape index (κ3) is 11.2. The number of hydrogen-bond acceptors (Lipinski definition) is 12. The molecule has 0 unspecified atom stereocenters. The summed E-state index contributed by atoms with van der Waals surface area (Å²) in [7, 11) is 0. The van der Waals surface area contributed by atoms with Gasteiger partial charge < -0.3 is 61.3 Å². The molecular formula is C28H24O16Ti. The molecule has 0 spiro atoms. The van der Waals surface area contributed by atoms with Crippen molar-refractivity contribution in [3.8, 4) is 46.0 Å². The number of rotatable bonds is 4. The molecule has 0 radical (unpaired) electrons. The monoisotopic (exact) mass is 664 g/mol. The number of carboxylic acid groups (broad SMARTS) is 4. The Kier molecular flexibility index (Phi) is 15.3. The molecule has 0 aromatic heterocycles. The number of aromatic carboxylic acids is 4. The van der Waals surface area contributed by atoms with Crippen LogP contribution in [0.1, 0.15) is 41.4 Å². The number of hydrogen-bond donors (Lipinski definition) is 12. The van der Waals surface area contributed by atoms with E-state index in [1.54, 1.807) is 0 Å². The zero-order valence-corrected chi connectivity index (χ0v) is 24.0. The maximum Gasteiger partial charge on any atom is 0.339 e. The van der Waals surface area contributed by atoms with Gasteiger partial charge in [0.2, 0.25) is 0 Å². The minimum absolute atomic E-state index is 0. The van der Waals surface area contributed by atoms with Crippen LogP contribution in [-0.2, 0) is 21.7 Å². The van der Waals surface area contributed by atoms with Gasteiger partial charge in [0.05, 0.1) is 0 Å². The maximum atomic E-state index is 10.3. The first-order chi connectivity index (χ1) is 20.5. The van der Waals surface area contributed by atoms with E-state index in [1.165, 1.54) is 72.8 Å². The Morgan fingerprint density at radius 2 is 0.489 bits per heavy atom. The molecule has 16 nitrogen and oxygen atoms in total. The van der Waals surface area contributed by atoms with Gasteiger partial charge in [-0.3, -0.25) is 0 Å². The van der Waals surface area contributed by atoms with Gasteiger partial charge in [-0.1, -0.05) is 24.3 Å². The van der Waals surface area contributed by atoms with Gasteiger partial charge in [0.15, 0.2) is 46.0 Å². The maximum absolute atomic E-state index is 10.3. The molecule has 0 saturated heterocycles. The number of para-hydroxylation sites is 4. The smallest absolute Gasteiger partial charge is 0.339 e. The van der Waals surface area contributed by atoms with Crippen molar-refractivity contribution in [3.05, 3.63) is 95.1 Å². The van der Waals surface area contributed by atoms with Gasteiger partial charge >= 0.3 is 23.9 Å². The summed E-state index contributed by atoms with van der Waals surface area (Å²) in [5, 5.41) is 105. The molecule has 0 aliphatic carbocycles. The third-order valence-electron chi connectivity index (χ3n) is 4.98. The Labute approximate surface area is 266 Å². The van der Waals surface area contributed by atoms with Crippen molar-refractivity contribution in [1.29, 1.82) is 0 Å². The average molecular weight is 664 g/mol. The topological polar surface area (TPSA) is 311 Å². The molecule has 0 saturated carbocycles. The number of carboxylic acids is 4. The van der Waals surface area contributed by atoms with Crippen LogP contribution in [0.4, 0.5) is 0 Å². The fourth-order valence-corrected chi connectivity index (χ4v) is 2.82.